The first-order chi connectivity index (χ1) is 8.42. The van der Waals surface area contributed by atoms with E-state index in [0.29, 0.717) is 13.0 Å². The normalized spacial score (nSPS) is 9.72. The minimum absolute atomic E-state index is 0.107. The van der Waals surface area contributed by atoms with Crippen LogP contribution in [0.2, 0.25) is 0 Å². The number of carboxylic acids is 1. The Balaban J connectivity index is 4.44. The van der Waals surface area contributed by atoms with Gasteiger partial charge in [0.2, 0.25) is 0 Å². The van der Waals surface area contributed by atoms with Gasteiger partial charge in [0.15, 0.2) is 0 Å². The predicted molar refractivity (Wildman–Crippen MR) is 64.2 cm³/mol. The number of rotatable bonds is 7. The summed E-state index contributed by atoms with van der Waals surface area (Å²) in [5, 5.41) is 8.54. The molecule has 0 bridgehead atoms. The zero-order valence-corrected chi connectivity index (χ0v) is 11.0. The number of urea groups is 1. The standard InChI is InChI=1S/C11H20N2O5/c1-4-6-13(8-10(16)18-3)11(17)12(2)7-5-9(14)15/h4-8H2,1-3H3,(H,14,15). The SMILES string of the molecule is CCCN(CC(=O)OC)C(=O)N(C)CCC(=O)O. The molecule has 2 amide bonds. The van der Waals surface area contributed by atoms with Gasteiger partial charge in [-0.3, -0.25) is 9.59 Å². The second kappa shape index (κ2) is 8.32. The van der Waals surface area contributed by atoms with E-state index in [-0.39, 0.29) is 25.5 Å². The maximum Gasteiger partial charge on any atom is 0.325 e. The topological polar surface area (TPSA) is 87.2 Å². The molecule has 0 saturated carbocycles. The second-order valence-electron chi connectivity index (χ2n) is 3.85. The van der Waals surface area contributed by atoms with Crippen molar-refractivity contribution in [2.45, 2.75) is 19.8 Å². The third-order valence-corrected chi connectivity index (χ3v) is 2.30. The van der Waals surface area contributed by atoms with Crippen LogP contribution in [0.25, 0.3) is 0 Å². The molecule has 0 fully saturated rings. The molecule has 0 rings (SSSR count). The van der Waals surface area contributed by atoms with E-state index >= 15 is 0 Å². The van der Waals surface area contributed by atoms with Gasteiger partial charge in [-0.05, 0) is 6.42 Å². The summed E-state index contributed by atoms with van der Waals surface area (Å²) >= 11 is 0. The second-order valence-corrected chi connectivity index (χ2v) is 3.85. The highest BCUT2D eigenvalue weighted by atomic mass is 16.5. The van der Waals surface area contributed by atoms with E-state index < -0.39 is 11.9 Å². The molecule has 7 nitrogen and oxygen atoms in total. The van der Waals surface area contributed by atoms with Crippen molar-refractivity contribution < 1.29 is 24.2 Å². The summed E-state index contributed by atoms with van der Waals surface area (Å²) in [6, 6.07) is -0.372. The summed E-state index contributed by atoms with van der Waals surface area (Å²) in [5.74, 6) is -1.46. The Hall–Kier alpha value is -1.79. The van der Waals surface area contributed by atoms with Crippen molar-refractivity contribution in [1.29, 1.82) is 0 Å². The molecule has 0 aliphatic heterocycles. The molecule has 0 heterocycles. The van der Waals surface area contributed by atoms with Gasteiger partial charge in [-0.15, -0.1) is 0 Å². The molecule has 1 N–H and O–H groups in total. The van der Waals surface area contributed by atoms with Crippen LogP contribution in [0.3, 0.4) is 0 Å². The fraction of sp³-hybridized carbons (Fsp3) is 0.727. The summed E-state index contributed by atoms with van der Waals surface area (Å²) in [7, 11) is 2.76. The van der Waals surface area contributed by atoms with Crippen LogP contribution in [0.5, 0.6) is 0 Å². The van der Waals surface area contributed by atoms with Crippen LogP contribution in [0, 0.1) is 0 Å². The Labute approximate surface area is 106 Å². The number of esters is 1. The highest BCUT2D eigenvalue weighted by Gasteiger charge is 2.20. The highest BCUT2D eigenvalue weighted by molar-refractivity contribution is 5.81. The number of aliphatic carboxylic acids is 1. The molecule has 0 radical (unpaired) electrons. The van der Waals surface area contributed by atoms with Gasteiger partial charge in [0.1, 0.15) is 6.54 Å². The van der Waals surface area contributed by atoms with E-state index in [1.54, 1.807) is 0 Å². The molecule has 0 aromatic heterocycles. The summed E-state index contributed by atoms with van der Waals surface area (Å²) in [4.78, 5) is 36.2. The third-order valence-electron chi connectivity index (χ3n) is 2.30. The van der Waals surface area contributed by atoms with Gasteiger partial charge in [-0.2, -0.15) is 0 Å². The van der Waals surface area contributed by atoms with Crippen LogP contribution in [-0.2, 0) is 14.3 Å². The molecular weight excluding hydrogens is 240 g/mol. The molecule has 104 valence electrons. The first-order valence-corrected chi connectivity index (χ1v) is 5.71. The van der Waals surface area contributed by atoms with Gasteiger partial charge < -0.3 is 19.6 Å². The maximum atomic E-state index is 11.9. The van der Waals surface area contributed by atoms with Gasteiger partial charge >= 0.3 is 18.0 Å². The lowest BCUT2D eigenvalue weighted by atomic mass is 10.4. The van der Waals surface area contributed by atoms with E-state index in [4.69, 9.17) is 5.11 Å². The molecule has 18 heavy (non-hydrogen) atoms. The summed E-state index contributed by atoms with van der Waals surface area (Å²) in [6.45, 7) is 2.29. The van der Waals surface area contributed by atoms with Crippen LogP contribution < -0.4 is 0 Å². The largest absolute Gasteiger partial charge is 0.481 e. The van der Waals surface area contributed by atoms with Crippen LogP contribution in [0.4, 0.5) is 4.79 Å². The Kier molecular flexibility index (Phi) is 7.50. The highest BCUT2D eigenvalue weighted by Crippen LogP contribution is 2.00. The molecule has 0 atom stereocenters. The van der Waals surface area contributed by atoms with E-state index in [1.807, 2.05) is 6.92 Å². The van der Waals surface area contributed by atoms with Crippen molar-refractivity contribution in [2.75, 3.05) is 33.8 Å². The maximum absolute atomic E-state index is 11.9. The number of carbonyl (C=O) groups is 3. The van der Waals surface area contributed by atoms with Gasteiger partial charge in [0, 0.05) is 20.1 Å². The number of carboxylic acid groups (broad SMARTS) is 1. The summed E-state index contributed by atoms with van der Waals surface area (Å²) < 4.78 is 4.51. The lowest BCUT2D eigenvalue weighted by Crippen LogP contribution is -2.44. The average Bonchev–Trinajstić information content (AvgIpc) is 2.34. The van der Waals surface area contributed by atoms with Crippen molar-refractivity contribution in [3.63, 3.8) is 0 Å². The lowest BCUT2D eigenvalue weighted by Gasteiger charge is -2.26. The van der Waals surface area contributed by atoms with Crippen molar-refractivity contribution in [3.05, 3.63) is 0 Å². The molecular formula is C11H20N2O5. The van der Waals surface area contributed by atoms with Crippen LogP contribution >= 0.6 is 0 Å². The van der Waals surface area contributed by atoms with Gasteiger partial charge in [-0.1, -0.05) is 6.92 Å². The van der Waals surface area contributed by atoms with Crippen molar-refractivity contribution in [2.24, 2.45) is 0 Å². The Morgan fingerprint density at radius 2 is 1.83 bits per heavy atom. The Morgan fingerprint density at radius 1 is 1.22 bits per heavy atom. The van der Waals surface area contributed by atoms with Crippen molar-refractivity contribution in [3.8, 4) is 0 Å². The Bertz CT molecular complexity index is 306. The number of hydrogen-bond acceptors (Lipinski definition) is 4. The molecule has 0 unspecified atom stereocenters. The molecule has 0 spiro atoms. The Morgan fingerprint density at radius 3 is 2.28 bits per heavy atom. The summed E-state index contributed by atoms with van der Waals surface area (Å²) in [5.41, 5.74) is 0. The molecule has 0 aliphatic carbocycles. The van der Waals surface area contributed by atoms with Gasteiger partial charge in [0.05, 0.1) is 13.5 Å². The van der Waals surface area contributed by atoms with Crippen molar-refractivity contribution >= 4 is 18.0 Å². The average molecular weight is 260 g/mol. The molecule has 0 aromatic rings. The molecule has 0 saturated heterocycles. The fourth-order valence-electron chi connectivity index (χ4n) is 1.33. The first kappa shape index (κ1) is 16.2. The van der Waals surface area contributed by atoms with Crippen LogP contribution in [-0.4, -0.2) is 66.7 Å². The van der Waals surface area contributed by atoms with E-state index in [2.05, 4.69) is 4.74 Å². The minimum Gasteiger partial charge on any atom is -0.481 e. The fourth-order valence-corrected chi connectivity index (χ4v) is 1.33. The number of hydrogen-bond donors (Lipinski definition) is 1. The molecule has 0 aliphatic rings. The lowest BCUT2D eigenvalue weighted by molar-refractivity contribution is -0.141. The predicted octanol–water partition coefficient (Wildman–Crippen LogP) is 0.398. The number of nitrogens with zero attached hydrogens (tertiary/aromatic N) is 2. The van der Waals surface area contributed by atoms with Gasteiger partial charge in [-0.25, -0.2) is 4.79 Å². The zero-order chi connectivity index (χ0) is 14.1. The van der Waals surface area contributed by atoms with E-state index in [1.165, 1.54) is 24.0 Å². The van der Waals surface area contributed by atoms with Gasteiger partial charge in [0.25, 0.3) is 0 Å². The number of carbonyl (C=O) groups excluding carboxylic acids is 2. The zero-order valence-electron chi connectivity index (χ0n) is 11.0. The van der Waals surface area contributed by atoms with Crippen LogP contribution in [0.1, 0.15) is 19.8 Å². The smallest absolute Gasteiger partial charge is 0.325 e. The summed E-state index contributed by atoms with van der Waals surface area (Å²) in [6.07, 6.45) is 0.579. The first-order valence-electron chi connectivity index (χ1n) is 5.71. The number of amides is 2. The van der Waals surface area contributed by atoms with E-state index in [9.17, 15) is 14.4 Å². The molecule has 7 heteroatoms. The van der Waals surface area contributed by atoms with Crippen molar-refractivity contribution in [1.82, 2.24) is 9.80 Å². The minimum atomic E-state index is -0.968. The van der Waals surface area contributed by atoms with E-state index in [0.717, 1.165) is 0 Å². The third kappa shape index (κ3) is 6.07. The quantitative estimate of drug-likeness (QED) is 0.669. The van der Waals surface area contributed by atoms with Crippen LogP contribution in [0.15, 0.2) is 0 Å². The number of methoxy groups -OCH3 is 1. The number of ether oxygens (including phenoxy) is 1. The monoisotopic (exact) mass is 260 g/mol. The molecule has 0 aromatic carbocycles.